The number of rotatable bonds is 9. The topological polar surface area (TPSA) is 27.7 Å². The van der Waals surface area contributed by atoms with Crippen LogP contribution < -0.4 is 19.5 Å². The summed E-state index contributed by atoms with van der Waals surface area (Å²) in [4.78, 5) is 0. The lowest BCUT2D eigenvalue weighted by atomic mass is 9.70. The van der Waals surface area contributed by atoms with Crippen LogP contribution in [0, 0.1) is 6.92 Å². The molecule has 0 heterocycles. The van der Waals surface area contributed by atoms with Gasteiger partial charge in [0.25, 0.3) is 0 Å². The summed E-state index contributed by atoms with van der Waals surface area (Å²) in [6, 6.07) is 30.6. The highest BCUT2D eigenvalue weighted by molar-refractivity contribution is 7.27. The quantitative estimate of drug-likeness (QED) is 0.155. The third-order valence-corrected chi connectivity index (χ3v) is 10.7. The Morgan fingerprint density at radius 1 is 0.756 bits per heavy atom. The highest BCUT2D eigenvalue weighted by atomic mass is 31.0. The fraction of sp³-hybridized carbons (Fsp3) is 0.268. The van der Waals surface area contributed by atoms with E-state index in [1.165, 1.54) is 60.6 Å². The first-order valence-corrected chi connectivity index (χ1v) is 16.4. The Labute approximate surface area is 270 Å². The maximum atomic E-state index is 5.83. The molecule has 1 aliphatic carbocycles. The Morgan fingerprint density at radius 3 is 1.91 bits per heavy atom. The maximum Gasteiger partial charge on any atom is 0.161 e. The van der Waals surface area contributed by atoms with Crippen LogP contribution in [0.3, 0.4) is 0 Å². The van der Waals surface area contributed by atoms with Crippen LogP contribution in [0.4, 0.5) is 0 Å². The van der Waals surface area contributed by atoms with Gasteiger partial charge in [0.1, 0.15) is 5.75 Å². The first-order chi connectivity index (χ1) is 21.8. The molecule has 1 aliphatic rings. The van der Waals surface area contributed by atoms with Crippen molar-refractivity contribution in [1.82, 2.24) is 0 Å². The molecule has 0 spiro atoms. The fourth-order valence-corrected chi connectivity index (χ4v) is 7.79. The van der Waals surface area contributed by atoms with Gasteiger partial charge in [-0.05, 0) is 112 Å². The van der Waals surface area contributed by atoms with E-state index >= 15 is 0 Å². The molecule has 230 valence electrons. The Kier molecular flexibility index (Phi) is 8.27. The second-order valence-corrected chi connectivity index (χ2v) is 12.9. The van der Waals surface area contributed by atoms with Gasteiger partial charge < -0.3 is 14.2 Å². The first-order valence-electron chi connectivity index (χ1n) is 15.8. The number of allylic oxidation sites excluding steroid dienone is 1. The van der Waals surface area contributed by atoms with Crippen molar-refractivity contribution in [3.63, 3.8) is 0 Å². The van der Waals surface area contributed by atoms with E-state index in [1.807, 2.05) is 0 Å². The summed E-state index contributed by atoms with van der Waals surface area (Å²) < 4.78 is 17.2. The van der Waals surface area contributed by atoms with Crippen LogP contribution in [0.25, 0.3) is 28.0 Å². The molecular formula is C41H43O3P. The fourth-order valence-electron chi connectivity index (χ4n) is 7.60. The Bertz CT molecular complexity index is 1900. The van der Waals surface area contributed by atoms with Gasteiger partial charge in [0, 0.05) is 10.8 Å². The second kappa shape index (κ2) is 12.0. The second-order valence-electron chi connectivity index (χ2n) is 12.3. The zero-order valence-corrected chi connectivity index (χ0v) is 28.6. The van der Waals surface area contributed by atoms with E-state index in [2.05, 4.69) is 134 Å². The molecule has 2 unspecified atom stereocenters. The van der Waals surface area contributed by atoms with Gasteiger partial charge in [-0.3, -0.25) is 0 Å². The van der Waals surface area contributed by atoms with E-state index in [4.69, 9.17) is 14.2 Å². The zero-order chi connectivity index (χ0) is 31.9. The van der Waals surface area contributed by atoms with E-state index in [9.17, 15) is 0 Å². The molecule has 0 amide bonds. The first kappa shape index (κ1) is 30.9. The van der Waals surface area contributed by atoms with Crippen molar-refractivity contribution in [2.24, 2.45) is 0 Å². The highest BCUT2D eigenvalue weighted by Crippen LogP contribution is 2.58. The SMILES string of the molecule is CCC1(CC)c2ccccc2-c2c1c(/C=C\C(C)(c1ccc(P)cc1)c1ccc(OC)cc1)c(C)c1cc(OC)c(OC)cc21. The lowest BCUT2D eigenvalue weighted by Crippen LogP contribution is -2.25. The predicted molar refractivity (Wildman–Crippen MR) is 193 cm³/mol. The standard InChI is InChI=1S/C41H43O3P/c1-8-41(9-2)35-13-11-10-12-32(35)38-34-25-37(44-7)36(43-6)24-33(34)26(3)31(39(38)41)22-23-40(4,28-16-20-30(45)21-17-28)27-14-18-29(42-5)19-15-27/h10-25H,8-9,45H2,1-7H3/b23-22-. The van der Waals surface area contributed by atoms with E-state index in [0.29, 0.717) is 0 Å². The molecule has 0 aromatic heterocycles. The third kappa shape index (κ3) is 4.84. The summed E-state index contributed by atoms with van der Waals surface area (Å²) >= 11 is 0. The molecule has 4 heteroatoms. The van der Waals surface area contributed by atoms with Gasteiger partial charge in [0.2, 0.25) is 0 Å². The number of aryl methyl sites for hydroxylation is 1. The van der Waals surface area contributed by atoms with Crippen LogP contribution in [0.2, 0.25) is 0 Å². The molecule has 45 heavy (non-hydrogen) atoms. The Balaban J connectivity index is 1.69. The van der Waals surface area contributed by atoms with Crippen molar-refractivity contribution >= 4 is 31.4 Å². The number of methoxy groups -OCH3 is 3. The smallest absolute Gasteiger partial charge is 0.161 e. The molecule has 3 nitrogen and oxygen atoms in total. The molecule has 0 fully saturated rings. The summed E-state index contributed by atoms with van der Waals surface area (Å²) in [5, 5.41) is 3.56. The van der Waals surface area contributed by atoms with Crippen molar-refractivity contribution in [3.8, 4) is 28.4 Å². The van der Waals surface area contributed by atoms with Gasteiger partial charge in [0.05, 0.1) is 21.3 Å². The van der Waals surface area contributed by atoms with Crippen molar-refractivity contribution < 1.29 is 14.2 Å². The van der Waals surface area contributed by atoms with Gasteiger partial charge in [-0.2, -0.15) is 0 Å². The molecule has 0 saturated heterocycles. The third-order valence-electron chi connectivity index (χ3n) is 10.3. The molecule has 0 saturated carbocycles. The maximum absolute atomic E-state index is 5.83. The Morgan fingerprint density at radius 2 is 1.33 bits per heavy atom. The van der Waals surface area contributed by atoms with Gasteiger partial charge in [0.15, 0.2) is 11.5 Å². The van der Waals surface area contributed by atoms with E-state index in [1.54, 1.807) is 21.3 Å². The normalized spacial score (nSPS) is 14.7. The van der Waals surface area contributed by atoms with Crippen LogP contribution >= 0.6 is 9.24 Å². The zero-order valence-electron chi connectivity index (χ0n) is 27.5. The molecule has 0 radical (unpaired) electrons. The summed E-state index contributed by atoms with van der Waals surface area (Å²) in [6.45, 7) is 9.25. The van der Waals surface area contributed by atoms with Crippen LogP contribution in [-0.4, -0.2) is 21.3 Å². The number of fused-ring (bicyclic) bond motifs is 5. The summed E-state index contributed by atoms with van der Waals surface area (Å²) in [6.07, 6.45) is 6.83. The summed E-state index contributed by atoms with van der Waals surface area (Å²) in [5.74, 6) is 2.35. The van der Waals surface area contributed by atoms with Crippen molar-refractivity contribution in [3.05, 3.63) is 124 Å². The number of ether oxygens (including phenoxy) is 3. The minimum Gasteiger partial charge on any atom is -0.497 e. The molecule has 5 aromatic carbocycles. The minimum atomic E-state index is -0.386. The average Bonchev–Trinajstić information content (AvgIpc) is 3.38. The minimum absolute atomic E-state index is 0.102. The molecule has 5 aromatic rings. The molecular weight excluding hydrogens is 571 g/mol. The number of benzene rings is 5. The molecule has 2 atom stereocenters. The lowest BCUT2D eigenvalue weighted by molar-refractivity contribution is 0.356. The van der Waals surface area contributed by atoms with E-state index < -0.39 is 0 Å². The van der Waals surface area contributed by atoms with Crippen molar-refractivity contribution in [2.75, 3.05) is 21.3 Å². The summed E-state index contributed by atoms with van der Waals surface area (Å²) in [5.41, 5.74) is 9.94. The van der Waals surface area contributed by atoms with Crippen LogP contribution in [0.5, 0.6) is 17.2 Å². The van der Waals surface area contributed by atoms with Crippen LogP contribution in [0.15, 0.2) is 91.0 Å². The average molecular weight is 615 g/mol. The van der Waals surface area contributed by atoms with Gasteiger partial charge >= 0.3 is 0 Å². The van der Waals surface area contributed by atoms with Crippen LogP contribution in [-0.2, 0) is 10.8 Å². The molecule has 6 rings (SSSR count). The lowest BCUT2D eigenvalue weighted by Gasteiger charge is -2.33. The highest BCUT2D eigenvalue weighted by Gasteiger charge is 2.43. The van der Waals surface area contributed by atoms with E-state index in [-0.39, 0.29) is 10.8 Å². The largest absolute Gasteiger partial charge is 0.497 e. The molecule has 0 aliphatic heterocycles. The number of hydrogen-bond acceptors (Lipinski definition) is 3. The van der Waals surface area contributed by atoms with Crippen molar-refractivity contribution in [1.29, 1.82) is 0 Å². The molecule has 0 bridgehead atoms. The number of hydrogen-bond donors (Lipinski definition) is 0. The van der Waals surface area contributed by atoms with E-state index in [0.717, 1.165) is 30.1 Å². The monoisotopic (exact) mass is 614 g/mol. The van der Waals surface area contributed by atoms with Crippen molar-refractivity contribution in [2.45, 2.75) is 51.4 Å². The van der Waals surface area contributed by atoms with Gasteiger partial charge in [-0.1, -0.05) is 86.7 Å². The van der Waals surface area contributed by atoms with Gasteiger partial charge in [-0.15, -0.1) is 9.24 Å². The summed E-state index contributed by atoms with van der Waals surface area (Å²) in [7, 11) is 7.95. The Hall–Kier alpha value is -4.07. The van der Waals surface area contributed by atoms with Gasteiger partial charge in [-0.25, -0.2) is 0 Å². The van der Waals surface area contributed by atoms with Crippen LogP contribution in [0.1, 0.15) is 67.0 Å². The molecule has 0 N–H and O–H groups in total. The predicted octanol–water partition coefficient (Wildman–Crippen LogP) is 9.78.